The first-order valence-corrected chi connectivity index (χ1v) is 7.08. The third kappa shape index (κ3) is 4.89. The molecule has 1 amide bonds. The average molecular weight is 282 g/mol. The van der Waals surface area contributed by atoms with Gasteiger partial charge in [0.05, 0.1) is 0 Å². The molecule has 0 saturated carbocycles. The molecule has 0 spiro atoms. The van der Waals surface area contributed by atoms with Gasteiger partial charge in [0, 0.05) is 25.1 Å². The molecule has 1 aliphatic heterocycles. The highest BCUT2D eigenvalue weighted by molar-refractivity contribution is 5.76. The topological polar surface area (TPSA) is 41.1 Å². The van der Waals surface area contributed by atoms with E-state index < -0.39 is 11.6 Å². The van der Waals surface area contributed by atoms with Crippen LogP contribution >= 0.6 is 0 Å². The molecular formula is C15H20F2N2O. The first-order valence-electron chi connectivity index (χ1n) is 7.08. The lowest BCUT2D eigenvalue weighted by molar-refractivity contribution is -0.121. The molecular weight excluding hydrogens is 262 g/mol. The number of nitrogens with one attached hydrogen (secondary N) is 2. The normalized spacial score (nSPS) is 18.8. The van der Waals surface area contributed by atoms with E-state index in [1.165, 1.54) is 18.6 Å². The Hall–Kier alpha value is -1.49. The average Bonchev–Trinajstić information content (AvgIpc) is 2.38. The zero-order valence-electron chi connectivity index (χ0n) is 11.4. The van der Waals surface area contributed by atoms with Crippen LogP contribution in [0.25, 0.3) is 0 Å². The summed E-state index contributed by atoms with van der Waals surface area (Å²) in [4.78, 5) is 11.7. The lowest BCUT2D eigenvalue weighted by atomic mass is 10.0. The van der Waals surface area contributed by atoms with E-state index >= 15 is 0 Å². The van der Waals surface area contributed by atoms with Gasteiger partial charge in [0.15, 0.2) is 0 Å². The predicted octanol–water partition coefficient (Wildman–Crippen LogP) is 2.16. The molecule has 1 atom stereocenters. The Morgan fingerprint density at radius 2 is 2.00 bits per heavy atom. The first-order chi connectivity index (χ1) is 9.63. The lowest BCUT2D eigenvalue weighted by Gasteiger charge is -2.22. The van der Waals surface area contributed by atoms with Crippen molar-refractivity contribution in [3.8, 4) is 0 Å². The molecule has 1 saturated heterocycles. The number of hydrogen-bond acceptors (Lipinski definition) is 2. The van der Waals surface area contributed by atoms with Gasteiger partial charge in [0.2, 0.25) is 5.91 Å². The van der Waals surface area contributed by atoms with Gasteiger partial charge < -0.3 is 10.6 Å². The molecule has 1 fully saturated rings. The van der Waals surface area contributed by atoms with Crippen molar-refractivity contribution < 1.29 is 13.6 Å². The maximum absolute atomic E-state index is 13.0. The molecule has 1 heterocycles. The van der Waals surface area contributed by atoms with Gasteiger partial charge in [-0.1, -0.05) is 6.42 Å². The van der Waals surface area contributed by atoms with E-state index in [0.29, 0.717) is 24.9 Å². The van der Waals surface area contributed by atoms with Crippen LogP contribution in [0.1, 0.15) is 31.2 Å². The number of benzene rings is 1. The Bertz CT molecular complexity index is 439. The molecule has 20 heavy (non-hydrogen) atoms. The molecule has 0 aromatic heterocycles. The maximum Gasteiger partial charge on any atom is 0.221 e. The number of rotatable bonds is 5. The molecule has 0 aliphatic carbocycles. The SMILES string of the molecule is O=C(CC1CCCCN1)NCCc1cc(F)cc(F)c1. The van der Waals surface area contributed by atoms with Crippen LogP contribution in [-0.4, -0.2) is 25.0 Å². The van der Waals surface area contributed by atoms with Crippen LogP contribution in [0, 0.1) is 11.6 Å². The number of carbonyl (C=O) groups excluding carboxylic acids is 1. The van der Waals surface area contributed by atoms with E-state index in [2.05, 4.69) is 10.6 Å². The molecule has 1 unspecified atom stereocenters. The number of halogens is 2. The Morgan fingerprint density at radius 3 is 2.65 bits per heavy atom. The van der Waals surface area contributed by atoms with Crippen molar-refractivity contribution in [1.82, 2.24) is 10.6 Å². The van der Waals surface area contributed by atoms with E-state index in [0.717, 1.165) is 25.5 Å². The van der Waals surface area contributed by atoms with Gasteiger partial charge in [-0.2, -0.15) is 0 Å². The monoisotopic (exact) mass is 282 g/mol. The van der Waals surface area contributed by atoms with E-state index in [1.807, 2.05) is 0 Å². The minimum Gasteiger partial charge on any atom is -0.356 e. The molecule has 1 aromatic rings. The Balaban J connectivity index is 1.70. The van der Waals surface area contributed by atoms with Crippen LogP contribution in [0.5, 0.6) is 0 Å². The maximum atomic E-state index is 13.0. The third-order valence-corrected chi connectivity index (χ3v) is 3.50. The van der Waals surface area contributed by atoms with Crippen LogP contribution in [0.15, 0.2) is 18.2 Å². The van der Waals surface area contributed by atoms with Gasteiger partial charge in [-0.15, -0.1) is 0 Å². The van der Waals surface area contributed by atoms with Gasteiger partial charge in [-0.3, -0.25) is 4.79 Å². The van der Waals surface area contributed by atoms with Crippen LogP contribution < -0.4 is 10.6 Å². The molecule has 1 aliphatic rings. The van der Waals surface area contributed by atoms with E-state index in [4.69, 9.17) is 0 Å². The second-order valence-corrected chi connectivity index (χ2v) is 5.23. The highest BCUT2D eigenvalue weighted by Crippen LogP contribution is 2.10. The van der Waals surface area contributed by atoms with Gasteiger partial charge >= 0.3 is 0 Å². The largest absolute Gasteiger partial charge is 0.356 e. The van der Waals surface area contributed by atoms with Crippen LogP contribution in [-0.2, 0) is 11.2 Å². The zero-order chi connectivity index (χ0) is 14.4. The molecule has 2 N–H and O–H groups in total. The summed E-state index contributed by atoms with van der Waals surface area (Å²) in [6, 6.07) is 3.68. The number of piperidine rings is 1. The number of hydrogen-bond donors (Lipinski definition) is 2. The zero-order valence-corrected chi connectivity index (χ0v) is 11.4. The van der Waals surface area contributed by atoms with Crippen molar-refractivity contribution in [2.24, 2.45) is 0 Å². The summed E-state index contributed by atoms with van der Waals surface area (Å²) in [6.45, 7) is 1.37. The van der Waals surface area contributed by atoms with Crippen molar-refractivity contribution in [2.45, 2.75) is 38.1 Å². The highest BCUT2D eigenvalue weighted by atomic mass is 19.1. The van der Waals surface area contributed by atoms with Crippen molar-refractivity contribution in [3.63, 3.8) is 0 Å². The summed E-state index contributed by atoms with van der Waals surface area (Å²) in [5.74, 6) is -1.18. The smallest absolute Gasteiger partial charge is 0.221 e. The fourth-order valence-electron chi connectivity index (χ4n) is 2.50. The Labute approximate surface area is 117 Å². The summed E-state index contributed by atoms with van der Waals surface area (Å²) in [6.07, 6.45) is 4.26. The summed E-state index contributed by atoms with van der Waals surface area (Å²) in [7, 11) is 0. The van der Waals surface area contributed by atoms with Crippen LogP contribution in [0.4, 0.5) is 8.78 Å². The van der Waals surface area contributed by atoms with E-state index in [1.54, 1.807) is 0 Å². The standard InChI is InChI=1S/C15H20F2N2O/c16-12-7-11(8-13(17)9-12)4-6-19-15(20)10-14-3-1-2-5-18-14/h7-9,14,18H,1-6,10H2,(H,19,20). The van der Waals surface area contributed by atoms with Crippen molar-refractivity contribution in [2.75, 3.05) is 13.1 Å². The quantitative estimate of drug-likeness (QED) is 0.869. The van der Waals surface area contributed by atoms with Crippen LogP contribution in [0.2, 0.25) is 0 Å². The molecule has 1 aromatic carbocycles. The van der Waals surface area contributed by atoms with Gasteiger partial charge in [0.25, 0.3) is 0 Å². The lowest BCUT2D eigenvalue weighted by Crippen LogP contribution is -2.39. The Kier molecular flexibility index (Phi) is 5.47. The highest BCUT2D eigenvalue weighted by Gasteiger charge is 2.15. The molecule has 0 bridgehead atoms. The molecule has 110 valence electrons. The van der Waals surface area contributed by atoms with E-state index in [-0.39, 0.29) is 11.9 Å². The van der Waals surface area contributed by atoms with Gasteiger partial charge in [-0.05, 0) is 43.5 Å². The van der Waals surface area contributed by atoms with E-state index in [9.17, 15) is 13.6 Å². The molecule has 5 heteroatoms. The molecule has 3 nitrogen and oxygen atoms in total. The van der Waals surface area contributed by atoms with Crippen molar-refractivity contribution in [3.05, 3.63) is 35.4 Å². The second kappa shape index (κ2) is 7.33. The van der Waals surface area contributed by atoms with Gasteiger partial charge in [-0.25, -0.2) is 8.78 Å². The second-order valence-electron chi connectivity index (χ2n) is 5.23. The van der Waals surface area contributed by atoms with Crippen molar-refractivity contribution >= 4 is 5.91 Å². The minimum absolute atomic E-state index is 0.0127. The molecule has 0 radical (unpaired) electrons. The fourth-order valence-corrected chi connectivity index (χ4v) is 2.50. The van der Waals surface area contributed by atoms with Crippen LogP contribution in [0.3, 0.4) is 0 Å². The number of carbonyl (C=O) groups is 1. The predicted molar refractivity (Wildman–Crippen MR) is 73.3 cm³/mol. The van der Waals surface area contributed by atoms with Crippen molar-refractivity contribution in [1.29, 1.82) is 0 Å². The summed E-state index contributed by atoms with van der Waals surface area (Å²) < 4.78 is 26.0. The minimum atomic E-state index is -0.585. The summed E-state index contributed by atoms with van der Waals surface area (Å²) in [5, 5.41) is 6.11. The third-order valence-electron chi connectivity index (χ3n) is 3.50. The number of amides is 1. The summed E-state index contributed by atoms with van der Waals surface area (Å²) >= 11 is 0. The summed E-state index contributed by atoms with van der Waals surface area (Å²) in [5.41, 5.74) is 0.554. The first kappa shape index (κ1) is 14.9. The fraction of sp³-hybridized carbons (Fsp3) is 0.533. The van der Waals surface area contributed by atoms with Gasteiger partial charge in [0.1, 0.15) is 11.6 Å². The molecule has 2 rings (SSSR count). The Morgan fingerprint density at radius 1 is 1.25 bits per heavy atom.